The van der Waals surface area contributed by atoms with Crippen LogP contribution in [0.15, 0.2) is 0 Å². The molecule has 0 aliphatic heterocycles. The molecule has 0 bridgehead atoms. The second-order valence-electron chi connectivity index (χ2n) is 6.61. The van der Waals surface area contributed by atoms with Crippen molar-refractivity contribution in [3.8, 4) is 0 Å². The van der Waals surface area contributed by atoms with Gasteiger partial charge in [0, 0.05) is 13.1 Å². The Kier molecular flexibility index (Phi) is 7.29. The first-order valence-corrected chi connectivity index (χ1v) is 6.76. The van der Waals surface area contributed by atoms with Gasteiger partial charge in [-0.3, -0.25) is 0 Å². The normalized spacial score (nSPS) is 13.4. The Balaban J connectivity index is 4.07. The number of nitrogens with zero attached hydrogens (tertiary/aromatic N) is 1. The fraction of sp³-hybridized carbons (Fsp3) is 1.00. The third kappa shape index (κ3) is 9.57. The van der Waals surface area contributed by atoms with E-state index in [0.717, 1.165) is 32.8 Å². The minimum Gasteiger partial charge on any atom is -0.375 e. The highest BCUT2D eigenvalue weighted by Gasteiger charge is 2.20. The predicted molar refractivity (Wildman–Crippen MR) is 75.3 cm³/mol. The molecule has 2 N–H and O–H groups in total. The fourth-order valence-corrected chi connectivity index (χ4v) is 1.74. The average molecular weight is 244 g/mol. The second kappa shape index (κ2) is 7.34. The van der Waals surface area contributed by atoms with Crippen molar-refractivity contribution in [2.45, 2.75) is 53.6 Å². The first-order valence-electron chi connectivity index (χ1n) is 6.76. The van der Waals surface area contributed by atoms with Crippen LogP contribution >= 0.6 is 0 Å². The quantitative estimate of drug-likeness (QED) is 0.713. The maximum absolute atomic E-state index is 5.79. The highest BCUT2D eigenvalue weighted by Crippen LogP contribution is 2.15. The lowest BCUT2D eigenvalue weighted by Gasteiger charge is -2.32. The molecule has 0 saturated carbocycles. The summed E-state index contributed by atoms with van der Waals surface area (Å²) in [4.78, 5) is 2.46. The molecule has 3 nitrogen and oxygen atoms in total. The molecule has 0 saturated heterocycles. The zero-order valence-electron chi connectivity index (χ0n) is 12.7. The van der Waals surface area contributed by atoms with Gasteiger partial charge in [0.2, 0.25) is 0 Å². The first kappa shape index (κ1) is 16.9. The molecule has 3 heteroatoms. The summed E-state index contributed by atoms with van der Waals surface area (Å²) in [6.45, 7) is 17.6. The van der Waals surface area contributed by atoms with Crippen molar-refractivity contribution < 1.29 is 4.74 Å². The lowest BCUT2D eigenvalue weighted by atomic mass is 9.93. The Hall–Kier alpha value is -0.120. The molecule has 0 unspecified atom stereocenters. The van der Waals surface area contributed by atoms with Crippen molar-refractivity contribution in [3.63, 3.8) is 0 Å². The number of nitrogens with two attached hydrogens (primary N) is 1. The monoisotopic (exact) mass is 244 g/mol. The lowest BCUT2D eigenvalue weighted by molar-refractivity contribution is -0.0160. The van der Waals surface area contributed by atoms with Crippen molar-refractivity contribution in [2.75, 3.05) is 32.8 Å². The predicted octanol–water partition coefficient (Wildman–Crippen LogP) is 2.50. The van der Waals surface area contributed by atoms with Crippen LogP contribution in [0.25, 0.3) is 0 Å². The van der Waals surface area contributed by atoms with Gasteiger partial charge in [0.15, 0.2) is 0 Å². The van der Waals surface area contributed by atoms with Crippen LogP contribution in [0.1, 0.15) is 48.0 Å². The van der Waals surface area contributed by atoms with Crippen molar-refractivity contribution in [2.24, 2.45) is 11.1 Å². The zero-order chi connectivity index (χ0) is 13.5. The average Bonchev–Trinajstić information content (AvgIpc) is 2.15. The van der Waals surface area contributed by atoms with Crippen molar-refractivity contribution >= 4 is 0 Å². The van der Waals surface area contributed by atoms with E-state index >= 15 is 0 Å². The van der Waals surface area contributed by atoms with Crippen molar-refractivity contribution in [3.05, 3.63) is 0 Å². The third-order valence-electron chi connectivity index (χ3n) is 2.69. The summed E-state index contributed by atoms with van der Waals surface area (Å²) in [6.07, 6.45) is 1.18. The number of rotatable bonds is 8. The summed E-state index contributed by atoms with van der Waals surface area (Å²) >= 11 is 0. The van der Waals surface area contributed by atoms with Gasteiger partial charge in [-0.25, -0.2) is 0 Å². The molecule has 0 radical (unpaired) electrons. The van der Waals surface area contributed by atoms with Gasteiger partial charge in [-0.2, -0.15) is 0 Å². The molecule has 0 aliphatic carbocycles. The van der Waals surface area contributed by atoms with Gasteiger partial charge in [0.1, 0.15) is 0 Å². The van der Waals surface area contributed by atoms with Gasteiger partial charge in [0.05, 0.1) is 12.2 Å². The van der Waals surface area contributed by atoms with Crippen LogP contribution in [0, 0.1) is 5.41 Å². The topological polar surface area (TPSA) is 38.5 Å². The van der Waals surface area contributed by atoms with Crippen LogP contribution in [0.5, 0.6) is 0 Å². The Labute approximate surface area is 108 Å². The summed E-state index contributed by atoms with van der Waals surface area (Å²) in [7, 11) is 0. The van der Waals surface area contributed by atoms with E-state index in [1.165, 1.54) is 6.42 Å². The summed E-state index contributed by atoms with van der Waals surface area (Å²) in [5, 5.41) is 0. The molecule has 0 aliphatic rings. The number of hydrogen-bond acceptors (Lipinski definition) is 3. The smallest absolute Gasteiger partial charge is 0.0600 e. The molecular weight excluding hydrogens is 212 g/mol. The summed E-state index contributed by atoms with van der Waals surface area (Å²) in [5.41, 5.74) is 5.94. The highest BCUT2D eigenvalue weighted by molar-refractivity contribution is 4.74. The van der Waals surface area contributed by atoms with Crippen molar-refractivity contribution in [1.29, 1.82) is 0 Å². The molecule has 0 rings (SSSR count). The molecule has 0 atom stereocenters. The molecule has 0 amide bonds. The van der Waals surface area contributed by atoms with Gasteiger partial charge in [-0.1, -0.05) is 20.8 Å². The van der Waals surface area contributed by atoms with Crippen LogP contribution in [-0.4, -0.2) is 43.3 Å². The summed E-state index contributed by atoms with van der Waals surface area (Å²) in [5.74, 6) is 0. The van der Waals surface area contributed by atoms with E-state index < -0.39 is 0 Å². The fourth-order valence-electron chi connectivity index (χ4n) is 1.74. The maximum atomic E-state index is 5.79. The van der Waals surface area contributed by atoms with Gasteiger partial charge < -0.3 is 15.4 Å². The minimum absolute atomic E-state index is 0.0404. The van der Waals surface area contributed by atoms with Gasteiger partial charge >= 0.3 is 0 Å². The Morgan fingerprint density at radius 3 is 2.06 bits per heavy atom. The Bertz CT molecular complexity index is 197. The Morgan fingerprint density at radius 1 is 1.06 bits per heavy atom. The van der Waals surface area contributed by atoms with Crippen molar-refractivity contribution in [1.82, 2.24) is 4.90 Å². The molecule has 104 valence electrons. The number of hydrogen-bond donors (Lipinski definition) is 1. The third-order valence-corrected chi connectivity index (χ3v) is 2.69. The number of ether oxygens (including phenoxy) is 1. The van der Waals surface area contributed by atoms with E-state index in [1.54, 1.807) is 0 Å². The molecule has 0 aromatic carbocycles. The molecule has 0 heterocycles. The lowest BCUT2D eigenvalue weighted by Crippen LogP contribution is -2.41. The summed E-state index contributed by atoms with van der Waals surface area (Å²) in [6, 6.07) is 0. The summed E-state index contributed by atoms with van der Waals surface area (Å²) < 4.78 is 5.78. The SMILES string of the molecule is CCCN(CCOC(C)(C)C)CC(C)(C)CN. The van der Waals surface area contributed by atoms with E-state index in [1.807, 2.05) is 0 Å². The van der Waals surface area contributed by atoms with Crippen LogP contribution in [0.4, 0.5) is 0 Å². The van der Waals surface area contributed by atoms with E-state index in [2.05, 4.69) is 46.4 Å². The molecule has 0 aromatic rings. The van der Waals surface area contributed by atoms with Gasteiger partial charge in [-0.15, -0.1) is 0 Å². The van der Waals surface area contributed by atoms with E-state index in [0.29, 0.717) is 0 Å². The van der Waals surface area contributed by atoms with E-state index in [4.69, 9.17) is 10.5 Å². The molecule has 0 fully saturated rings. The minimum atomic E-state index is -0.0404. The van der Waals surface area contributed by atoms with E-state index in [9.17, 15) is 0 Å². The van der Waals surface area contributed by atoms with Crippen LogP contribution < -0.4 is 5.73 Å². The second-order valence-corrected chi connectivity index (χ2v) is 6.61. The maximum Gasteiger partial charge on any atom is 0.0600 e. The van der Waals surface area contributed by atoms with Gasteiger partial charge in [0.25, 0.3) is 0 Å². The molecule has 0 spiro atoms. The van der Waals surface area contributed by atoms with Crippen LogP contribution in [-0.2, 0) is 4.74 Å². The molecule has 0 aromatic heterocycles. The van der Waals surface area contributed by atoms with E-state index in [-0.39, 0.29) is 11.0 Å². The zero-order valence-corrected chi connectivity index (χ0v) is 12.7. The Morgan fingerprint density at radius 2 is 1.65 bits per heavy atom. The highest BCUT2D eigenvalue weighted by atomic mass is 16.5. The van der Waals surface area contributed by atoms with Crippen LogP contribution in [0.3, 0.4) is 0 Å². The van der Waals surface area contributed by atoms with Gasteiger partial charge in [-0.05, 0) is 45.7 Å². The standard InChI is InChI=1S/C14H32N2O/c1-7-8-16(12-14(5,6)11-15)9-10-17-13(2,3)4/h7-12,15H2,1-6H3. The van der Waals surface area contributed by atoms with Crippen LogP contribution in [0.2, 0.25) is 0 Å². The largest absolute Gasteiger partial charge is 0.375 e. The molecule has 17 heavy (non-hydrogen) atoms. The first-order chi connectivity index (χ1) is 7.70. The molecular formula is C14H32N2O.